The normalized spacial score (nSPS) is 12.2. The molecule has 24 heavy (non-hydrogen) atoms. The summed E-state index contributed by atoms with van der Waals surface area (Å²) in [4.78, 5) is 30.1. The van der Waals surface area contributed by atoms with Crippen LogP contribution >= 0.6 is 23.6 Å². The molecular weight excluding hydrogens is 342 g/mol. The van der Waals surface area contributed by atoms with Crippen LogP contribution in [0.1, 0.15) is 18.5 Å². The summed E-state index contributed by atoms with van der Waals surface area (Å²) in [6, 6.07) is 8.46. The van der Waals surface area contributed by atoms with Gasteiger partial charge in [-0.3, -0.25) is 14.2 Å². The molecule has 3 rings (SSSR count). The number of H-pyrrole nitrogens is 1. The first-order valence-corrected chi connectivity index (χ1v) is 8.83. The fraction of sp³-hybridized carbons (Fsp3) is 0.235. The molecule has 0 saturated carbocycles. The van der Waals surface area contributed by atoms with Gasteiger partial charge in [-0.25, -0.2) is 0 Å². The maximum Gasteiger partial charge on any atom is 0.262 e. The number of amides is 1. The molecule has 2 heterocycles. The first kappa shape index (κ1) is 16.6. The third kappa shape index (κ3) is 3.05. The van der Waals surface area contributed by atoms with Crippen molar-refractivity contribution in [2.24, 2.45) is 0 Å². The Morgan fingerprint density at radius 2 is 2.12 bits per heavy atom. The molecule has 1 atom stereocenters. The van der Waals surface area contributed by atoms with E-state index in [1.165, 1.54) is 4.57 Å². The summed E-state index contributed by atoms with van der Waals surface area (Å²) in [7, 11) is 1.73. The Balaban J connectivity index is 1.96. The van der Waals surface area contributed by atoms with Crippen molar-refractivity contribution in [3.63, 3.8) is 0 Å². The van der Waals surface area contributed by atoms with Crippen molar-refractivity contribution >= 4 is 40.4 Å². The molecule has 124 valence electrons. The first-order chi connectivity index (χ1) is 11.5. The molecule has 5 nitrogen and oxygen atoms in total. The smallest absolute Gasteiger partial charge is 0.262 e. The van der Waals surface area contributed by atoms with Crippen LogP contribution in [0.3, 0.4) is 0 Å². The van der Waals surface area contributed by atoms with Gasteiger partial charge in [-0.1, -0.05) is 12.1 Å². The highest BCUT2D eigenvalue weighted by Crippen LogP contribution is 2.14. The molecule has 3 aromatic rings. The van der Waals surface area contributed by atoms with E-state index in [1.807, 2.05) is 22.9 Å². The van der Waals surface area contributed by atoms with E-state index in [4.69, 9.17) is 12.2 Å². The van der Waals surface area contributed by atoms with E-state index >= 15 is 0 Å². The number of benzene rings is 1. The number of rotatable bonds is 4. The van der Waals surface area contributed by atoms with Gasteiger partial charge in [0.15, 0.2) is 4.77 Å². The maximum absolute atomic E-state index is 12.7. The lowest BCUT2D eigenvalue weighted by Gasteiger charge is -2.22. The third-order valence-electron chi connectivity index (χ3n) is 3.96. The molecule has 0 radical (unpaired) electrons. The van der Waals surface area contributed by atoms with Crippen molar-refractivity contribution < 1.29 is 4.79 Å². The van der Waals surface area contributed by atoms with Gasteiger partial charge in [0.1, 0.15) is 6.04 Å². The van der Waals surface area contributed by atoms with Gasteiger partial charge in [-0.05, 0) is 53.7 Å². The topological polar surface area (TPSA) is 58.1 Å². The lowest BCUT2D eigenvalue weighted by atomic mass is 10.2. The van der Waals surface area contributed by atoms with Crippen LogP contribution in [0.4, 0.5) is 0 Å². The van der Waals surface area contributed by atoms with Crippen molar-refractivity contribution in [3.05, 3.63) is 61.8 Å². The fourth-order valence-corrected chi connectivity index (χ4v) is 3.70. The molecule has 1 amide bonds. The second-order valence-electron chi connectivity index (χ2n) is 5.65. The SMILES string of the molecule is CC(C(=O)N(C)Cc1ccsc1)n1c(=S)[nH]c2ccccc2c1=O. The molecule has 1 N–H and O–H groups in total. The maximum atomic E-state index is 12.7. The summed E-state index contributed by atoms with van der Waals surface area (Å²) in [6.07, 6.45) is 0. The number of aromatic nitrogens is 2. The summed E-state index contributed by atoms with van der Waals surface area (Å²) < 4.78 is 1.60. The number of carbonyl (C=O) groups is 1. The first-order valence-electron chi connectivity index (χ1n) is 7.48. The molecule has 1 unspecified atom stereocenters. The number of carbonyl (C=O) groups excluding carboxylic acids is 1. The van der Waals surface area contributed by atoms with E-state index in [0.29, 0.717) is 17.4 Å². The zero-order chi connectivity index (χ0) is 17.3. The molecule has 0 saturated heterocycles. The van der Waals surface area contributed by atoms with Crippen molar-refractivity contribution in [2.75, 3.05) is 7.05 Å². The van der Waals surface area contributed by atoms with E-state index < -0.39 is 6.04 Å². The highest BCUT2D eigenvalue weighted by Gasteiger charge is 2.22. The second kappa shape index (κ2) is 6.70. The predicted molar refractivity (Wildman–Crippen MR) is 98.9 cm³/mol. The molecule has 0 aliphatic rings. The number of aromatic amines is 1. The Morgan fingerprint density at radius 3 is 2.83 bits per heavy atom. The minimum atomic E-state index is -0.672. The number of nitrogens with zero attached hydrogens (tertiary/aromatic N) is 2. The quantitative estimate of drug-likeness (QED) is 0.727. The number of thiophene rings is 1. The molecular formula is C17H17N3O2S2. The van der Waals surface area contributed by atoms with E-state index in [0.717, 1.165) is 5.56 Å². The van der Waals surface area contributed by atoms with E-state index in [2.05, 4.69) is 4.98 Å². The summed E-state index contributed by atoms with van der Waals surface area (Å²) in [5.41, 5.74) is 1.49. The van der Waals surface area contributed by atoms with Crippen LogP contribution in [0.15, 0.2) is 45.9 Å². The fourth-order valence-electron chi connectivity index (χ4n) is 2.69. The van der Waals surface area contributed by atoms with Gasteiger partial charge >= 0.3 is 0 Å². The lowest BCUT2D eigenvalue weighted by molar-refractivity contribution is -0.133. The average molecular weight is 359 g/mol. The van der Waals surface area contributed by atoms with Crippen LogP contribution < -0.4 is 5.56 Å². The van der Waals surface area contributed by atoms with E-state index in [1.54, 1.807) is 48.4 Å². The molecule has 2 aromatic heterocycles. The molecule has 0 aliphatic heterocycles. The Labute approximate surface area is 148 Å². The van der Waals surface area contributed by atoms with Crippen LogP contribution in [-0.2, 0) is 11.3 Å². The summed E-state index contributed by atoms with van der Waals surface area (Å²) in [5.74, 6) is -0.155. The number of hydrogen-bond donors (Lipinski definition) is 1. The number of likely N-dealkylation sites (N-methyl/N-ethyl adjacent to an activating group) is 1. The summed E-state index contributed by atoms with van der Waals surface area (Å²) in [6.45, 7) is 2.21. The highest BCUT2D eigenvalue weighted by atomic mass is 32.1. The average Bonchev–Trinajstić information content (AvgIpc) is 3.07. The minimum Gasteiger partial charge on any atom is -0.340 e. The van der Waals surface area contributed by atoms with Crippen LogP contribution in [0, 0.1) is 4.77 Å². The zero-order valence-corrected chi connectivity index (χ0v) is 15.0. The number of fused-ring (bicyclic) bond motifs is 1. The van der Waals surface area contributed by atoms with Gasteiger partial charge in [-0.2, -0.15) is 11.3 Å². The molecule has 0 fully saturated rings. The zero-order valence-electron chi connectivity index (χ0n) is 13.4. The van der Waals surface area contributed by atoms with Crippen molar-refractivity contribution in [1.29, 1.82) is 0 Å². The third-order valence-corrected chi connectivity index (χ3v) is 4.99. The predicted octanol–water partition coefficient (Wildman–Crippen LogP) is 3.34. The summed E-state index contributed by atoms with van der Waals surface area (Å²) >= 11 is 6.89. The van der Waals surface area contributed by atoms with Crippen LogP contribution in [0.2, 0.25) is 0 Å². The number of hydrogen-bond acceptors (Lipinski definition) is 4. The van der Waals surface area contributed by atoms with Gasteiger partial charge in [0, 0.05) is 13.6 Å². The van der Waals surface area contributed by atoms with Crippen molar-refractivity contribution in [2.45, 2.75) is 19.5 Å². The van der Waals surface area contributed by atoms with Crippen molar-refractivity contribution in [3.8, 4) is 0 Å². The Morgan fingerprint density at radius 1 is 1.38 bits per heavy atom. The Kier molecular flexibility index (Phi) is 4.64. The number of para-hydroxylation sites is 1. The van der Waals surface area contributed by atoms with Gasteiger partial charge in [-0.15, -0.1) is 0 Å². The Bertz CT molecular complexity index is 989. The molecule has 0 bridgehead atoms. The number of nitrogens with one attached hydrogen (secondary N) is 1. The lowest BCUT2D eigenvalue weighted by Crippen LogP contribution is -2.37. The molecule has 7 heteroatoms. The summed E-state index contributed by atoms with van der Waals surface area (Å²) in [5, 5.41) is 4.50. The van der Waals surface area contributed by atoms with E-state index in [9.17, 15) is 9.59 Å². The Hall–Kier alpha value is -2.25. The van der Waals surface area contributed by atoms with Gasteiger partial charge < -0.3 is 9.88 Å². The standard InChI is InChI=1S/C17H17N3O2S2/c1-11(15(21)19(2)9-12-7-8-24-10-12)20-16(22)13-5-3-4-6-14(13)18-17(20)23/h3-8,10-11H,9H2,1-2H3,(H,18,23). The molecule has 0 aliphatic carbocycles. The minimum absolute atomic E-state index is 0.155. The monoisotopic (exact) mass is 359 g/mol. The highest BCUT2D eigenvalue weighted by molar-refractivity contribution is 7.71. The van der Waals surface area contributed by atoms with Crippen molar-refractivity contribution in [1.82, 2.24) is 14.5 Å². The van der Waals surface area contributed by atoms with Gasteiger partial charge in [0.2, 0.25) is 5.91 Å². The van der Waals surface area contributed by atoms with Crippen LogP contribution in [-0.4, -0.2) is 27.4 Å². The van der Waals surface area contributed by atoms with Gasteiger partial charge in [0.05, 0.1) is 10.9 Å². The second-order valence-corrected chi connectivity index (χ2v) is 6.82. The van der Waals surface area contributed by atoms with Crippen LogP contribution in [0.5, 0.6) is 0 Å². The molecule has 0 spiro atoms. The largest absolute Gasteiger partial charge is 0.340 e. The van der Waals surface area contributed by atoms with Gasteiger partial charge in [0.25, 0.3) is 5.56 Å². The van der Waals surface area contributed by atoms with E-state index in [-0.39, 0.29) is 16.2 Å². The molecule has 1 aromatic carbocycles. The van der Waals surface area contributed by atoms with Crippen LogP contribution in [0.25, 0.3) is 10.9 Å².